The molecule has 0 aromatic heterocycles. The van der Waals surface area contributed by atoms with Crippen LogP contribution in [0.2, 0.25) is 0 Å². The molecular formula is C27H21BrF2N2O5S. The van der Waals surface area contributed by atoms with Crippen LogP contribution in [0.3, 0.4) is 0 Å². The lowest BCUT2D eigenvalue weighted by Gasteiger charge is -2.14. The number of benzene rings is 3. The number of carbonyl (C=O) groups excluding carboxylic acids is 3. The van der Waals surface area contributed by atoms with Crippen LogP contribution in [0.25, 0.3) is 6.08 Å². The SMILES string of the molecule is CCOc1cc(/C=C2/SC(=O)N(CC(=O)Nc3cccc(F)c3)C2=O)c(Br)cc1OCc1cccc(F)c1. The van der Waals surface area contributed by atoms with Crippen LogP contribution >= 0.6 is 27.7 Å². The number of amides is 3. The van der Waals surface area contributed by atoms with E-state index in [1.807, 2.05) is 0 Å². The third kappa shape index (κ3) is 6.78. The fraction of sp³-hybridized carbons (Fsp3) is 0.148. The average molecular weight is 603 g/mol. The van der Waals surface area contributed by atoms with E-state index in [1.54, 1.807) is 31.2 Å². The molecule has 1 aliphatic rings. The van der Waals surface area contributed by atoms with Gasteiger partial charge in [-0.25, -0.2) is 8.78 Å². The molecule has 0 bridgehead atoms. The summed E-state index contributed by atoms with van der Waals surface area (Å²) in [7, 11) is 0. The second-order valence-corrected chi connectivity index (χ2v) is 9.85. The van der Waals surface area contributed by atoms with Crippen molar-refractivity contribution in [3.05, 3.63) is 92.8 Å². The number of nitrogens with zero attached hydrogens (tertiary/aromatic N) is 1. The Morgan fingerprint density at radius 3 is 2.45 bits per heavy atom. The van der Waals surface area contributed by atoms with E-state index >= 15 is 0 Å². The van der Waals surface area contributed by atoms with Crippen molar-refractivity contribution in [2.75, 3.05) is 18.5 Å². The van der Waals surface area contributed by atoms with Gasteiger partial charge in [0.15, 0.2) is 11.5 Å². The van der Waals surface area contributed by atoms with Gasteiger partial charge in [-0.15, -0.1) is 0 Å². The smallest absolute Gasteiger partial charge is 0.294 e. The lowest BCUT2D eigenvalue weighted by atomic mass is 10.1. The van der Waals surface area contributed by atoms with E-state index in [2.05, 4.69) is 21.2 Å². The second kappa shape index (κ2) is 12.2. The molecule has 4 rings (SSSR count). The molecule has 3 amide bonds. The fourth-order valence-electron chi connectivity index (χ4n) is 3.52. The summed E-state index contributed by atoms with van der Waals surface area (Å²) in [5.41, 5.74) is 1.40. The normalized spacial score (nSPS) is 14.2. The Hall–Kier alpha value is -3.70. The summed E-state index contributed by atoms with van der Waals surface area (Å²) in [6.45, 7) is 1.74. The van der Waals surface area contributed by atoms with Gasteiger partial charge in [-0.1, -0.05) is 34.1 Å². The number of anilines is 1. The number of hydrogen-bond acceptors (Lipinski definition) is 6. The van der Waals surface area contributed by atoms with Gasteiger partial charge in [-0.2, -0.15) is 0 Å². The van der Waals surface area contributed by atoms with Gasteiger partial charge in [-0.05, 0) is 78.4 Å². The topological polar surface area (TPSA) is 84.9 Å². The molecule has 0 radical (unpaired) electrons. The maximum absolute atomic E-state index is 13.5. The third-order valence-electron chi connectivity index (χ3n) is 5.22. The summed E-state index contributed by atoms with van der Waals surface area (Å²) in [6.07, 6.45) is 1.51. The van der Waals surface area contributed by atoms with Crippen LogP contribution < -0.4 is 14.8 Å². The lowest BCUT2D eigenvalue weighted by Crippen LogP contribution is -2.36. The Balaban J connectivity index is 1.49. The molecule has 38 heavy (non-hydrogen) atoms. The van der Waals surface area contributed by atoms with E-state index in [1.165, 1.54) is 36.4 Å². The molecule has 11 heteroatoms. The Morgan fingerprint density at radius 2 is 1.74 bits per heavy atom. The largest absolute Gasteiger partial charge is 0.490 e. The molecule has 0 spiro atoms. The van der Waals surface area contributed by atoms with Crippen molar-refractivity contribution < 1.29 is 32.6 Å². The molecule has 0 aliphatic carbocycles. The average Bonchev–Trinajstić information content (AvgIpc) is 3.12. The van der Waals surface area contributed by atoms with Gasteiger partial charge in [0.25, 0.3) is 11.1 Å². The number of hydrogen-bond donors (Lipinski definition) is 1. The van der Waals surface area contributed by atoms with Crippen molar-refractivity contribution in [2.45, 2.75) is 13.5 Å². The minimum Gasteiger partial charge on any atom is -0.490 e. The van der Waals surface area contributed by atoms with Crippen LogP contribution in [0.5, 0.6) is 11.5 Å². The fourth-order valence-corrected chi connectivity index (χ4v) is 4.78. The second-order valence-electron chi connectivity index (χ2n) is 8.00. The number of carbonyl (C=O) groups is 3. The molecule has 1 N–H and O–H groups in total. The molecule has 3 aromatic rings. The first kappa shape index (κ1) is 27.3. The van der Waals surface area contributed by atoms with Gasteiger partial charge in [0.05, 0.1) is 11.5 Å². The molecule has 0 unspecified atom stereocenters. The van der Waals surface area contributed by atoms with E-state index in [4.69, 9.17) is 9.47 Å². The predicted octanol–water partition coefficient (Wildman–Crippen LogP) is 6.38. The minimum absolute atomic E-state index is 0.111. The Bertz CT molecular complexity index is 1430. The number of halogens is 3. The zero-order chi connectivity index (χ0) is 27.2. The zero-order valence-corrected chi connectivity index (χ0v) is 22.4. The molecule has 1 aliphatic heterocycles. The van der Waals surface area contributed by atoms with Crippen LogP contribution in [0, 0.1) is 11.6 Å². The van der Waals surface area contributed by atoms with E-state index in [-0.39, 0.29) is 23.0 Å². The molecule has 196 valence electrons. The molecular weight excluding hydrogens is 582 g/mol. The van der Waals surface area contributed by atoms with E-state index in [0.29, 0.717) is 45.5 Å². The molecule has 3 aromatic carbocycles. The highest BCUT2D eigenvalue weighted by Gasteiger charge is 2.36. The summed E-state index contributed by atoms with van der Waals surface area (Å²) in [6, 6.07) is 14.6. The number of rotatable bonds is 9. The van der Waals surface area contributed by atoms with Crippen molar-refractivity contribution in [1.29, 1.82) is 0 Å². The van der Waals surface area contributed by atoms with Crippen molar-refractivity contribution in [2.24, 2.45) is 0 Å². The van der Waals surface area contributed by atoms with Gasteiger partial charge in [-0.3, -0.25) is 19.3 Å². The first-order valence-corrected chi connectivity index (χ1v) is 13.0. The maximum atomic E-state index is 13.5. The molecule has 0 saturated carbocycles. The molecule has 7 nitrogen and oxygen atoms in total. The third-order valence-corrected chi connectivity index (χ3v) is 6.81. The highest BCUT2D eigenvalue weighted by Crippen LogP contribution is 2.38. The first-order chi connectivity index (χ1) is 18.2. The summed E-state index contributed by atoms with van der Waals surface area (Å²) in [4.78, 5) is 38.7. The van der Waals surface area contributed by atoms with E-state index in [0.717, 1.165) is 11.0 Å². The standard InChI is InChI=1S/C27H21BrF2N2O5S/c1-2-36-22-10-17(21(28)13-23(22)37-15-16-5-3-6-18(29)9-16)11-24-26(34)32(27(35)38-24)14-25(33)31-20-8-4-7-19(30)12-20/h3-13H,2,14-15H2,1H3,(H,31,33)/b24-11+. The van der Waals surface area contributed by atoms with Crippen molar-refractivity contribution >= 4 is 56.5 Å². The predicted molar refractivity (Wildman–Crippen MR) is 144 cm³/mol. The summed E-state index contributed by atoms with van der Waals surface area (Å²) in [5, 5.41) is 1.86. The van der Waals surface area contributed by atoms with E-state index < -0.39 is 29.4 Å². The summed E-state index contributed by atoms with van der Waals surface area (Å²) < 4.78 is 39.0. The highest BCUT2D eigenvalue weighted by atomic mass is 79.9. The molecule has 1 heterocycles. The Labute approximate surface area is 229 Å². The van der Waals surface area contributed by atoms with Crippen LogP contribution in [0.1, 0.15) is 18.1 Å². The van der Waals surface area contributed by atoms with Crippen molar-refractivity contribution in [1.82, 2.24) is 4.90 Å². The summed E-state index contributed by atoms with van der Waals surface area (Å²) >= 11 is 4.16. The molecule has 1 saturated heterocycles. The Morgan fingerprint density at radius 1 is 1.03 bits per heavy atom. The van der Waals surface area contributed by atoms with Gasteiger partial charge >= 0.3 is 0 Å². The van der Waals surface area contributed by atoms with Gasteiger partial charge in [0, 0.05) is 10.2 Å². The number of imide groups is 1. The minimum atomic E-state index is -0.640. The molecule has 0 atom stereocenters. The van der Waals surface area contributed by atoms with Crippen molar-refractivity contribution in [3.8, 4) is 11.5 Å². The van der Waals surface area contributed by atoms with E-state index in [9.17, 15) is 23.2 Å². The number of nitrogens with one attached hydrogen (secondary N) is 1. The van der Waals surface area contributed by atoms with Gasteiger partial charge in [0.1, 0.15) is 24.8 Å². The first-order valence-electron chi connectivity index (χ1n) is 11.4. The monoisotopic (exact) mass is 602 g/mol. The van der Waals surface area contributed by atoms with Crippen LogP contribution in [-0.4, -0.2) is 35.1 Å². The zero-order valence-electron chi connectivity index (χ0n) is 20.0. The van der Waals surface area contributed by atoms with Crippen LogP contribution in [0.4, 0.5) is 19.3 Å². The van der Waals surface area contributed by atoms with Crippen LogP contribution in [0.15, 0.2) is 70.0 Å². The Kier molecular flexibility index (Phi) is 8.80. The number of thioether (sulfide) groups is 1. The maximum Gasteiger partial charge on any atom is 0.294 e. The van der Waals surface area contributed by atoms with Crippen molar-refractivity contribution in [3.63, 3.8) is 0 Å². The number of ether oxygens (including phenoxy) is 2. The summed E-state index contributed by atoms with van der Waals surface area (Å²) in [5.74, 6) is -1.37. The van der Waals surface area contributed by atoms with Gasteiger partial charge < -0.3 is 14.8 Å². The van der Waals surface area contributed by atoms with Crippen LogP contribution in [-0.2, 0) is 16.2 Å². The molecule has 1 fully saturated rings. The van der Waals surface area contributed by atoms with Gasteiger partial charge in [0.2, 0.25) is 5.91 Å². The lowest BCUT2D eigenvalue weighted by molar-refractivity contribution is -0.127. The quantitative estimate of drug-likeness (QED) is 0.286. The highest BCUT2D eigenvalue weighted by molar-refractivity contribution is 9.10.